The minimum Gasteiger partial charge on any atom is -0.339 e. The molecule has 0 aromatic carbocycles. The highest BCUT2D eigenvalue weighted by Crippen LogP contribution is 2.12. The van der Waals surface area contributed by atoms with E-state index in [9.17, 15) is 9.59 Å². The zero-order chi connectivity index (χ0) is 12.8. The molecule has 2 rings (SSSR count). The molecule has 19 heavy (non-hydrogen) atoms. The molecule has 2 saturated heterocycles. The molecule has 0 unspecified atom stereocenters. The molecule has 0 saturated carbocycles. The highest BCUT2D eigenvalue weighted by Gasteiger charge is 2.22. The van der Waals surface area contributed by atoms with E-state index in [1.54, 1.807) is 4.90 Å². The Morgan fingerprint density at radius 2 is 1.74 bits per heavy atom. The summed E-state index contributed by atoms with van der Waals surface area (Å²) in [5.74, 6) is 0.253. The summed E-state index contributed by atoms with van der Waals surface area (Å²) in [7, 11) is 0. The second kappa shape index (κ2) is 8.38. The molecule has 2 heterocycles. The van der Waals surface area contributed by atoms with E-state index in [1.807, 2.05) is 4.90 Å². The molecule has 0 aromatic rings. The van der Waals surface area contributed by atoms with E-state index in [2.05, 4.69) is 5.32 Å². The zero-order valence-corrected chi connectivity index (χ0v) is 12.2. The van der Waals surface area contributed by atoms with Gasteiger partial charge in [-0.1, -0.05) is 12.8 Å². The first-order chi connectivity index (χ1) is 8.77. The van der Waals surface area contributed by atoms with E-state index in [0.717, 1.165) is 52.0 Å². The van der Waals surface area contributed by atoms with Crippen molar-refractivity contribution in [3.8, 4) is 0 Å². The Bertz CT molecular complexity index is 306. The maximum absolute atomic E-state index is 12.1. The average Bonchev–Trinajstić information content (AvgIpc) is 2.39. The average molecular weight is 290 g/mol. The van der Waals surface area contributed by atoms with Crippen molar-refractivity contribution in [3.05, 3.63) is 0 Å². The lowest BCUT2D eigenvalue weighted by atomic mass is 10.1. The van der Waals surface area contributed by atoms with E-state index in [1.165, 1.54) is 6.42 Å². The Balaban J connectivity index is 0.00000180. The van der Waals surface area contributed by atoms with Crippen molar-refractivity contribution in [3.63, 3.8) is 0 Å². The van der Waals surface area contributed by atoms with Gasteiger partial charge >= 0.3 is 0 Å². The van der Waals surface area contributed by atoms with Gasteiger partial charge in [0.05, 0.1) is 6.54 Å². The summed E-state index contributed by atoms with van der Waals surface area (Å²) >= 11 is 0. The molecular formula is C13H24ClN3O2. The van der Waals surface area contributed by atoms with Crippen LogP contribution >= 0.6 is 12.4 Å². The fourth-order valence-electron chi connectivity index (χ4n) is 2.56. The van der Waals surface area contributed by atoms with Crippen molar-refractivity contribution in [2.75, 3.05) is 39.3 Å². The Labute approximate surface area is 121 Å². The van der Waals surface area contributed by atoms with E-state index < -0.39 is 0 Å². The summed E-state index contributed by atoms with van der Waals surface area (Å²) in [5.41, 5.74) is 0. The number of amides is 2. The third kappa shape index (κ3) is 4.99. The van der Waals surface area contributed by atoms with Gasteiger partial charge in [0, 0.05) is 39.1 Å². The topological polar surface area (TPSA) is 52.7 Å². The van der Waals surface area contributed by atoms with Crippen LogP contribution in [0.5, 0.6) is 0 Å². The fourth-order valence-corrected chi connectivity index (χ4v) is 2.56. The highest BCUT2D eigenvalue weighted by molar-refractivity contribution is 5.85. The molecule has 2 aliphatic heterocycles. The molecule has 2 aliphatic rings. The minimum atomic E-state index is 0. The van der Waals surface area contributed by atoms with Crippen LogP contribution in [0, 0.1) is 0 Å². The van der Waals surface area contributed by atoms with Crippen molar-refractivity contribution in [1.82, 2.24) is 15.1 Å². The van der Waals surface area contributed by atoms with Gasteiger partial charge in [-0.25, -0.2) is 0 Å². The van der Waals surface area contributed by atoms with Gasteiger partial charge in [0.1, 0.15) is 0 Å². The van der Waals surface area contributed by atoms with Gasteiger partial charge < -0.3 is 15.1 Å². The predicted octanol–water partition coefficient (Wildman–Crippen LogP) is 0.633. The predicted molar refractivity (Wildman–Crippen MR) is 76.4 cm³/mol. The van der Waals surface area contributed by atoms with Crippen LogP contribution < -0.4 is 5.32 Å². The number of rotatable bonds is 2. The number of piperazine rings is 1. The summed E-state index contributed by atoms with van der Waals surface area (Å²) in [5, 5.41) is 3.23. The standard InChI is InChI=1S/C13H23N3O2.ClH/c17-12-5-3-1-2-4-8-16(12)11-13(18)15-9-6-14-7-10-15;/h14H,1-11H2;1H. The van der Waals surface area contributed by atoms with E-state index >= 15 is 0 Å². The van der Waals surface area contributed by atoms with Gasteiger partial charge in [-0.15, -0.1) is 12.4 Å². The second-order valence-corrected chi connectivity index (χ2v) is 5.11. The van der Waals surface area contributed by atoms with Crippen molar-refractivity contribution in [1.29, 1.82) is 0 Å². The summed E-state index contributed by atoms with van der Waals surface area (Å²) < 4.78 is 0. The molecule has 2 fully saturated rings. The lowest BCUT2D eigenvalue weighted by Crippen LogP contribution is -2.50. The van der Waals surface area contributed by atoms with Crippen LogP contribution in [0.4, 0.5) is 0 Å². The van der Waals surface area contributed by atoms with Crippen molar-refractivity contribution in [2.45, 2.75) is 32.1 Å². The van der Waals surface area contributed by atoms with Crippen molar-refractivity contribution < 1.29 is 9.59 Å². The number of likely N-dealkylation sites (tertiary alicyclic amines) is 1. The zero-order valence-electron chi connectivity index (χ0n) is 11.4. The third-order valence-electron chi connectivity index (χ3n) is 3.72. The number of nitrogens with zero attached hydrogens (tertiary/aromatic N) is 2. The molecule has 0 bridgehead atoms. The maximum Gasteiger partial charge on any atom is 0.242 e. The van der Waals surface area contributed by atoms with Crippen LogP contribution in [0.3, 0.4) is 0 Å². The van der Waals surface area contributed by atoms with Crippen molar-refractivity contribution in [2.24, 2.45) is 0 Å². The Morgan fingerprint density at radius 3 is 2.47 bits per heavy atom. The number of nitrogens with one attached hydrogen (secondary N) is 1. The first-order valence-electron chi connectivity index (χ1n) is 7.03. The molecule has 6 heteroatoms. The SMILES string of the molecule is Cl.O=C(CN1CCCCCCC1=O)N1CCNCC1. The number of carbonyl (C=O) groups is 2. The van der Waals surface area contributed by atoms with Crippen LogP contribution in [-0.2, 0) is 9.59 Å². The number of carbonyl (C=O) groups excluding carboxylic acids is 2. The fraction of sp³-hybridized carbons (Fsp3) is 0.846. The van der Waals surface area contributed by atoms with Crippen LogP contribution in [0.1, 0.15) is 32.1 Å². The molecule has 0 spiro atoms. The van der Waals surface area contributed by atoms with Crippen LogP contribution in [0.25, 0.3) is 0 Å². The van der Waals surface area contributed by atoms with Gasteiger partial charge in [0.25, 0.3) is 0 Å². The van der Waals surface area contributed by atoms with Gasteiger partial charge in [-0.3, -0.25) is 9.59 Å². The van der Waals surface area contributed by atoms with Crippen LogP contribution in [0.15, 0.2) is 0 Å². The summed E-state index contributed by atoms with van der Waals surface area (Å²) in [6.45, 7) is 4.27. The largest absolute Gasteiger partial charge is 0.339 e. The third-order valence-corrected chi connectivity index (χ3v) is 3.72. The Hall–Kier alpha value is -0.810. The molecule has 0 atom stereocenters. The molecule has 110 valence electrons. The monoisotopic (exact) mass is 289 g/mol. The first-order valence-corrected chi connectivity index (χ1v) is 7.03. The first kappa shape index (κ1) is 16.2. The molecule has 0 aliphatic carbocycles. The van der Waals surface area contributed by atoms with Gasteiger partial charge in [-0.05, 0) is 12.8 Å². The van der Waals surface area contributed by atoms with E-state index in [4.69, 9.17) is 0 Å². The van der Waals surface area contributed by atoms with E-state index in [-0.39, 0.29) is 30.8 Å². The molecular weight excluding hydrogens is 266 g/mol. The number of hydrogen-bond donors (Lipinski definition) is 1. The maximum atomic E-state index is 12.1. The molecule has 2 amide bonds. The van der Waals surface area contributed by atoms with Crippen LogP contribution in [0.2, 0.25) is 0 Å². The Morgan fingerprint density at radius 1 is 1.05 bits per heavy atom. The summed E-state index contributed by atoms with van der Waals surface area (Å²) in [4.78, 5) is 27.7. The number of halogens is 1. The van der Waals surface area contributed by atoms with Gasteiger partial charge in [-0.2, -0.15) is 0 Å². The minimum absolute atomic E-state index is 0. The quantitative estimate of drug-likeness (QED) is 0.811. The molecule has 5 nitrogen and oxygen atoms in total. The number of hydrogen-bond acceptors (Lipinski definition) is 3. The molecule has 0 radical (unpaired) electrons. The van der Waals surface area contributed by atoms with E-state index in [0.29, 0.717) is 6.42 Å². The molecule has 1 N–H and O–H groups in total. The van der Waals surface area contributed by atoms with Gasteiger partial charge in [0.2, 0.25) is 11.8 Å². The lowest BCUT2D eigenvalue weighted by Gasteiger charge is -2.31. The van der Waals surface area contributed by atoms with Gasteiger partial charge in [0.15, 0.2) is 0 Å². The highest BCUT2D eigenvalue weighted by atomic mass is 35.5. The Kier molecular flexibility index (Phi) is 7.16. The normalized spacial score (nSPS) is 21.4. The van der Waals surface area contributed by atoms with Crippen molar-refractivity contribution >= 4 is 24.2 Å². The molecule has 0 aromatic heterocycles. The summed E-state index contributed by atoms with van der Waals surface area (Å²) in [6.07, 6.45) is 4.92. The lowest BCUT2D eigenvalue weighted by molar-refractivity contribution is -0.141. The second-order valence-electron chi connectivity index (χ2n) is 5.11. The van der Waals surface area contributed by atoms with Crippen LogP contribution in [-0.4, -0.2) is 60.9 Å². The smallest absolute Gasteiger partial charge is 0.242 e. The summed E-state index contributed by atoms with van der Waals surface area (Å²) in [6, 6.07) is 0.